The molecule has 0 spiro atoms. The smallest absolute Gasteiger partial charge is 0.0945 e. The van der Waals surface area contributed by atoms with Gasteiger partial charge in [0, 0.05) is 17.1 Å². The molecule has 0 aliphatic rings. The van der Waals surface area contributed by atoms with Crippen LogP contribution in [0.5, 0.6) is 0 Å². The Balaban J connectivity index is 1.66. The first-order chi connectivity index (χ1) is 10.3. The standard InChI is InChI=1S/C16H18N2O2S/c17-8-7-13-3-5-14(6-4-13)18-10-15(19)11-20-12-16-2-1-9-21-16/h1-6,9,15,18-19H,7,10-12H2. The number of anilines is 1. The van der Waals surface area contributed by atoms with Gasteiger partial charge in [-0.15, -0.1) is 11.3 Å². The average molecular weight is 302 g/mol. The molecule has 2 rings (SSSR count). The number of thiophene rings is 1. The largest absolute Gasteiger partial charge is 0.389 e. The molecule has 21 heavy (non-hydrogen) atoms. The Hall–Kier alpha value is -1.87. The lowest BCUT2D eigenvalue weighted by Crippen LogP contribution is -2.24. The normalized spacial score (nSPS) is 11.8. The lowest BCUT2D eigenvalue weighted by Gasteiger charge is -2.13. The molecule has 1 aromatic carbocycles. The highest BCUT2D eigenvalue weighted by atomic mass is 32.1. The summed E-state index contributed by atoms with van der Waals surface area (Å²) in [5.74, 6) is 0. The van der Waals surface area contributed by atoms with Crippen molar-refractivity contribution >= 4 is 17.0 Å². The second kappa shape index (κ2) is 8.42. The minimum atomic E-state index is -0.552. The van der Waals surface area contributed by atoms with Crippen molar-refractivity contribution in [1.82, 2.24) is 0 Å². The number of nitrogens with zero attached hydrogens (tertiary/aromatic N) is 1. The van der Waals surface area contributed by atoms with E-state index in [1.54, 1.807) is 11.3 Å². The van der Waals surface area contributed by atoms with Crippen LogP contribution < -0.4 is 5.32 Å². The number of aliphatic hydroxyl groups is 1. The summed E-state index contributed by atoms with van der Waals surface area (Å²) < 4.78 is 5.46. The van der Waals surface area contributed by atoms with Crippen LogP contribution in [0.1, 0.15) is 10.4 Å². The van der Waals surface area contributed by atoms with Gasteiger partial charge < -0.3 is 15.2 Å². The van der Waals surface area contributed by atoms with Crippen molar-refractivity contribution in [2.24, 2.45) is 0 Å². The van der Waals surface area contributed by atoms with Crippen molar-refractivity contribution in [3.8, 4) is 6.07 Å². The third-order valence-corrected chi connectivity index (χ3v) is 3.76. The number of nitrogens with one attached hydrogen (secondary N) is 1. The first-order valence-electron chi connectivity index (χ1n) is 6.76. The second-order valence-electron chi connectivity index (χ2n) is 4.66. The minimum absolute atomic E-state index is 0.303. The Morgan fingerprint density at radius 3 is 2.76 bits per heavy atom. The molecule has 0 saturated carbocycles. The van der Waals surface area contributed by atoms with Gasteiger partial charge in [0.05, 0.1) is 31.8 Å². The van der Waals surface area contributed by atoms with E-state index in [1.807, 2.05) is 41.8 Å². The zero-order valence-corrected chi connectivity index (χ0v) is 12.5. The lowest BCUT2D eigenvalue weighted by molar-refractivity contribution is 0.0359. The van der Waals surface area contributed by atoms with Crippen molar-refractivity contribution in [3.63, 3.8) is 0 Å². The number of nitriles is 1. The van der Waals surface area contributed by atoms with Gasteiger partial charge in [-0.3, -0.25) is 0 Å². The summed E-state index contributed by atoms with van der Waals surface area (Å²) in [5, 5.41) is 23.6. The molecule has 0 aliphatic carbocycles. The van der Waals surface area contributed by atoms with E-state index in [1.165, 1.54) is 0 Å². The van der Waals surface area contributed by atoms with E-state index in [-0.39, 0.29) is 0 Å². The molecule has 0 radical (unpaired) electrons. The summed E-state index contributed by atoms with van der Waals surface area (Å²) in [6, 6.07) is 13.7. The molecule has 5 heteroatoms. The van der Waals surface area contributed by atoms with Crippen LogP contribution in [0.25, 0.3) is 0 Å². The topological polar surface area (TPSA) is 65.3 Å². The Kier molecular flexibility index (Phi) is 6.22. The third-order valence-electron chi connectivity index (χ3n) is 2.91. The maximum atomic E-state index is 9.85. The molecule has 1 atom stereocenters. The van der Waals surface area contributed by atoms with Gasteiger partial charge >= 0.3 is 0 Å². The Labute approximate surface area is 128 Å². The van der Waals surface area contributed by atoms with E-state index < -0.39 is 6.10 Å². The van der Waals surface area contributed by atoms with Crippen LogP contribution in [0.4, 0.5) is 5.69 Å². The maximum Gasteiger partial charge on any atom is 0.0945 e. The zero-order valence-electron chi connectivity index (χ0n) is 11.7. The third kappa shape index (κ3) is 5.56. The molecule has 0 bridgehead atoms. The van der Waals surface area contributed by atoms with E-state index in [0.717, 1.165) is 16.1 Å². The van der Waals surface area contributed by atoms with Gasteiger partial charge in [0.25, 0.3) is 0 Å². The first kappa shape index (κ1) is 15.5. The number of rotatable bonds is 8. The number of hydrogen-bond acceptors (Lipinski definition) is 5. The SMILES string of the molecule is N#CCc1ccc(NCC(O)COCc2cccs2)cc1. The first-order valence-corrected chi connectivity index (χ1v) is 7.64. The van der Waals surface area contributed by atoms with Crippen molar-refractivity contribution in [2.75, 3.05) is 18.5 Å². The highest BCUT2D eigenvalue weighted by Crippen LogP contribution is 2.11. The molecule has 110 valence electrons. The molecular weight excluding hydrogens is 284 g/mol. The molecule has 4 nitrogen and oxygen atoms in total. The molecule has 0 amide bonds. The molecule has 0 saturated heterocycles. The van der Waals surface area contributed by atoms with Crippen LogP contribution in [-0.4, -0.2) is 24.4 Å². The molecule has 1 unspecified atom stereocenters. The molecule has 0 fully saturated rings. The fourth-order valence-corrected chi connectivity index (χ4v) is 2.46. The van der Waals surface area contributed by atoms with Crippen LogP contribution in [0, 0.1) is 11.3 Å². The zero-order chi connectivity index (χ0) is 14.9. The Morgan fingerprint density at radius 1 is 1.29 bits per heavy atom. The van der Waals surface area contributed by atoms with Gasteiger partial charge in [0.1, 0.15) is 0 Å². The highest BCUT2D eigenvalue weighted by molar-refractivity contribution is 7.09. The monoisotopic (exact) mass is 302 g/mol. The lowest BCUT2D eigenvalue weighted by atomic mass is 10.1. The van der Waals surface area contributed by atoms with E-state index in [9.17, 15) is 5.11 Å². The van der Waals surface area contributed by atoms with Crippen LogP contribution in [0.3, 0.4) is 0 Å². The summed E-state index contributed by atoms with van der Waals surface area (Å²) in [5.41, 5.74) is 1.91. The molecule has 1 aromatic heterocycles. The quantitative estimate of drug-likeness (QED) is 0.787. The van der Waals surface area contributed by atoms with Crippen molar-refractivity contribution in [2.45, 2.75) is 19.1 Å². The number of benzene rings is 1. The highest BCUT2D eigenvalue weighted by Gasteiger charge is 2.05. The van der Waals surface area contributed by atoms with Gasteiger partial charge in [-0.25, -0.2) is 0 Å². The maximum absolute atomic E-state index is 9.85. The van der Waals surface area contributed by atoms with Gasteiger partial charge in [0.2, 0.25) is 0 Å². The van der Waals surface area contributed by atoms with E-state index in [0.29, 0.717) is 26.2 Å². The number of hydrogen-bond donors (Lipinski definition) is 2. The van der Waals surface area contributed by atoms with Gasteiger partial charge in [-0.05, 0) is 29.1 Å². The molecule has 2 N–H and O–H groups in total. The Morgan fingerprint density at radius 2 is 2.10 bits per heavy atom. The molecular formula is C16H18N2O2S. The van der Waals surface area contributed by atoms with Crippen LogP contribution in [0.15, 0.2) is 41.8 Å². The van der Waals surface area contributed by atoms with Crippen LogP contribution in [-0.2, 0) is 17.8 Å². The molecule has 1 heterocycles. The van der Waals surface area contributed by atoms with E-state index in [2.05, 4.69) is 11.4 Å². The molecule has 2 aromatic rings. The van der Waals surface area contributed by atoms with Crippen molar-refractivity contribution in [1.29, 1.82) is 5.26 Å². The number of ether oxygens (including phenoxy) is 1. The van der Waals surface area contributed by atoms with E-state index in [4.69, 9.17) is 10.00 Å². The fourth-order valence-electron chi connectivity index (χ4n) is 1.82. The van der Waals surface area contributed by atoms with Gasteiger partial charge in [0.15, 0.2) is 0 Å². The van der Waals surface area contributed by atoms with E-state index >= 15 is 0 Å². The Bertz CT molecular complexity index is 561. The van der Waals surface area contributed by atoms with Crippen molar-refractivity contribution < 1.29 is 9.84 Å². The minimum Gasteiger partial charge on any atom is -0.389 e. The summed E-state index contributed by atoms with van der Waals surface area (Å²) in [7, 11) is 0. The predicted octanol–water partition coefficient (Wildman–Crippen LogP) is 2.80. The predicted molar refractivity (Wildman–Crippen MR) is 84.2 cm³/mol. The van der Waals surface area contributed by atoms with Crippen molar-refractivity contribution in [3.05, 3.63) is 52.2 Å². The van der Waals surface area contributed by atoms with Crippen LogP contribution in [0.2, 0.25) is 0 Å². The fraction of sp³-hybridized carbons (Fsp3) is 0.312. The average Bonchev–Trinajstić information content (AvgIpc) is 3.00. The second-order valence-corrected chi connectivity index (χ2v) is 5.69. The summed E-state index contributed by atoms with van der Waals surface area (Å²) in [6.07, 6.45) is -0.136. The summed E-state index contributed by atoms with van der Waals surface area (Å²) in [6.45, 7) is 1.27. The van der Waals surface area contributed by atoms with Gasteiger partial charge in [-0.2, -0.15) is 5.26 Å². The van der Waals surface area contributed by atoms with Gasteiger partial charge in [-0.1, -0.05) is 18.2 Å². The molecule has 0 aliphatic heterocycles. The summed E-state index contributed by atoms with van der Waals surface area (Å²) >= 11 is 1.64. The van der Waals surface area contributed by atoms with Crippen LogP contribution >= 0.6 is 11.3 Å². The number of aliphatic hydroxyl groups excluding tert-OH is 1. The summed E-state index contributed by atoms with van der Waals surface area (Å²) in [4.78, 5) is 1.16.